The van der Waals surface area contributed by atoms with E-state index in [0.29, 0.717) is 5.56 Å². The van der Waals surface area contributed by atoms with Gasteiger partial charge in [0.2, 0.25) is 0 Å². The van der Waals surface area contributed by atoms with Crippen molar-refractivity contribution in [2.24, 2.45) is 0 Å². The molecule has 0 fully saturated rings. The lowest BCUT2D eigenvalue weighted by atomic mass is 10.1. The molecule has 1 aromatic rings. The number of benzene rings is 1. The molecule has 1 aromatic carbocycles. The summed E-state index contributed by atoms with van der Waals surface area (Å²) in [6.07, 6.45) is -2.57. The molecule has 0 aliphatic heterocycles. The summed E-state index contributed by atoms with van der Waals surface area (Å²) >= 11 is 0. The molecule has 88 valence electrons. The van der Waals surface area contributed by atoms with Crippen LogP contribution in [-0.2, 0) is 0 Å². The molecule has 0 atom stereocenters. The van der Waals surface area contributed by atoms with E-state index in [9.17, 15) is 18.0 Å². The summed E-state index contributed by atoms with van der Waals surface area (Å²) < 4.78 is 36.9. The molecule has 0 unspecified atom stereocenters. The molecule has 0 bridgehead atoms. The zero-order chi connectivity index (χ0) is 12.3. The van der Waals surface area contributed by atoms with E-state index in [4.69, 9.17) is 0 Å². The Kier molecular flexibility index (Phi) is 3.93. The number of halogens is 3. The minimum absolute atomic E-state index is 0.240. The van der Waals surface area contributed by atoms with Gasteiger partial charge in [0.15, 0.2) is 0 Å². The Morgan fingerprint density at radius 3 is 2.56 bits per heavy atom. The van der Waals surface area contributed by atoms with Crippen LogP contribution in [0.3, 0.4) is 0 Å². The highest BCUT2D eigenvalue weighted by Gasteiger charge is 2.17. The molecule has 0 spiro atoms. The van der Waals surface area contributed by atoms with Crippen molar-refractivity contribution in [1.82, 2.24) is 4.90 Å². The highest BCUT2D eigenvalue weighted by atomic mass is 19.3. The van der Waals surface area contributed by atoms with Crippen molar-refractivity contribution in [2.45, 2.75) is 13.3 Å². The molecular weight excluding hydrogens is 219 g/mol. The molecule has 0 aliphatic carbocycles. The predicted octanol–water partition coefficient (Wildman–Crippen LogP) is 2.47. The molecule has 0 heterocycles. The molecule has 2 nitrogen and oxygen atoms in total. The summed E-state index contributed by atoms with van der Waals surface area (Å²) in [4.78, 5) is 12.6. The summed E-state index contributed by atoms with van der Waals surface area (Å²) in [5.41, 5.74) is 0.677. The van der Waals surface area contributed by atoms with Gasteiger partial charge in [0.05, 0.1) is 6.54 Å². The molecule has 0 aliphatic rings. The fourth-order valence-corrected chi connectivity index (χ4v) is 1.36. The second-order valence-electron chi connectivity index (χ2n) is 3.54. The molecule has 1 rings (SSSR count). The van der Waals surface area contributed by atoms with Crippen molar-refractivity contribution in [3.63, 3.8) is 0 Å². The molecule has 0 N–H and O–H groups in total. The average Bonchev–Trinajstić information content (AvgIpc) is 2.15. The number of alkyl halides is 2. The maximum Gasteiger partial charge on any atom is 0.255 e. The average molecular weight is 231 g/mol. The van der Waals surface area contributed by atoms with Crippen LogP contribution in [0, 0.1) is 12.7 Å². The van der Waals surface area contributed by atoms with Crippen molar-refractivity contribution < 1.29 is 18.0 Å². The predicted molar refractivity (Wildman–Crippen MR) is 54.1 cm³/mol. The molecule has 0 saturated carbocycles. The van der Waals surface area contributed by atoms with Gasteiger partial charge in [-0.15, -0.1) is 0 Å². The van der Waals surface area contributed by atoms with Crippen molar-refractivity contribution in [2.75, 3.05) is 13.6 Å². The smallest absolute Gasteiger partial charge is 0.255 e. The lowest BCUT2D eigenvalue weighted by molar-refractivity contribution is 0.0619. The number of aryl methyl sites for hydroxylation is 1. The van der Waals surface area contributed by atoms with Gasteiger partial charge in [0.1, 0.15) is 5.82 Å². The Hall–Kier alpha value is -1.52. The van der Waals surface area contributed by atoms with Crippen LogP contribution in [-0.4, -0.2) is 30.8 Å². The van der Waals surface area contributed by atoms with Crippen LogP contribution in [0.1, 0.15) is 15.9 Å². The van der Waals surface area contributed by atoms with E-state index in [1.54, 1.807) is 6.92 Å². The minimum Gasteiger partial charge on any atom is -0.336 e. The number of nitrogens with zero attached hydrogens (tertiary/aromatic N) is 1. The second kappa shape index (κ2) is 5.01. The Bertz CT molecular complexity index is 393. The van der Waals surface area contributed by atoms with Gasteiger partial charge in [0, 0.05) is 12.6 Å². The molecule has 5 heteroatoms. The minimum atomic E-state index is -2.57. The molecular formula is C11H12F3NO. The highest BCUT2D eigenvalue weighted by molar-refractivity contribution is 5.95. The van der Waals surface area contributed by atoms with Gasteiger partial charge in [-0.1, -0.05) is 0 Å². The van der Waals surface area contributed by atoms with E-state index in [2.05, 4.69) is 0 Å². The van der Waals surface area contributed by atoms with E-state index in [-0.39, 0.29) is 5.56 Å². The maximum atomic E-state index is 12.8. The van der Waals surface area contributed by atoms with Gasteiger partial charge in [-0.05, 0) is 30.7 Å². The van der Waals surface area contributed by atoms with Gasteiger partial charge in [0.25, 0.3) is 12.3 Å². The number of carbonyl (C=O) groups is 1. The fourth-order valence-electron chi connectivity index (χ4n) is 1.36. The van der Waals surface area contributed by atoms with Gasteiger partial charge in [-0.25, -0.2) is 13.2 Å². The largest absolute Gasteiger partial charge is 0.336 e. The van der Waals surface area contributed by atoms with E-state index in [1.807, 2.05) is 0 Å². The van der Waals surface area contributed by atoms with Crippen LogP contribution >= 0.6 is 0 Å². The zero-order valence-electron chi connectivity index (χ0n) is 9.01. The molecule has 0 radical (unpaired) electrons. The molecule has 0 aromatic heterocycles. The number of hydrogen-bond donors (Lipinski definition) is 0. The van der Waals surface area contributed by atoms with Gasteiger partial charge in [-0.3, -0.25) is 4.79 Å². The monoisotopic (exact) mass is 231 g/mol. The number of carbonyl (C=O) groups excluding carboxylic acids is 1. The third-order valence-electron chi connectivity index (χ3n) is 2.18. The van der Waals surface area contributed by atoms with Gasteiger partial charge in [-0.2, -0.15) is 0 Å². The normalized spacial score (nSPS) is 10.6. The van der Waals surface area contributed by atoms with E-state index in [0.717, 1.165) is 11.0 Å². The third kappa shape index (κ3) is 2.98. The van der Waals surface area contributed by atoms with E-state index in [1.165, 1.54) is 19.2 Å². The van der Waals surface area contributed by atoms with Crippen molar-refractivity contribution >= 4 is 5.91 Å². The maximum absolute atomic E-state index is 12.8. The Labute approximate surface area is 91.7 Å². The topological polar surface area (TPSA) is 20.3 Å². The van der Waals surface area contributed by atoms with Gasteiger partial charge >= 0.3 is 0 Å². The van der Waals surface area contributed by atoms with Crippen LogP contribution in [0.2, 0.25) is 0 Å². The first-order valence-corrected chi connectivity index (χ1v) is 4.71. The van der Waals surface area contributed by atoms with Crippen molar-refractivity contribution in [3.05, 3.63) is 35.1 Å². The zero-order valence-corrected chi connectivity index (χ0v) is 9.01. The van der Waals surface area contributed by atoms with E-state index >= 15 is 0 Å². The number of rotatable bonds is 3. The highest BCUT2D eigenvalue weighted by Crippen LogP contribution is 2.12. The van der Waals surface area contributed by atoms with Crippen molar-refractivity contribution in [3.8, 4) is 0 Å². The van der Waals surface area contributed by atoms with Crippen LogP contribution in [0.15, 0.2) is 18.2 Å². The first-order chi connectivity index (χ1) is 7.41. The molecule has 1 amide bonds. The quantitative estimate of drug-likeness (QED) is 0.782. The summed E-state index contributed by atoms with van der Waals surface area (Å²) in [5, 5.41) is 0. The van der Waals surface area contributed by atoms with Crippen LogP contribution in [0.25, 0.3) is 0 Å². The SMILES string of the molecule is Cc1cc(F)ccc1C(=O)N(C)CC(F)F. The third-order valence-corrected chi connectivity index (χ3v) is 2.18. The number of amides is 1. The standard InChI is InChI=1S/C11H12F3NO/c1-7-5-8(12)3-4-9(7)11(16)15(2)6-10(13)14/h3-5,10H,6H2,1-2H3. The Morgan fingerprint density at radius 1 is 1.44 bits per heavy atom. The van der Waals surface area contributed by atoms with Crippen LogP contribution in [0.4, 0.5) is 13.2 Å². The Balaban J connectivity index is 2.88. The number of hydrogen-bond acceptors (Lipinski definition) is 1. The second-order valence-corrected chi connectivity index (χ2v) is 3.54. The first-order valence-electron chi connectivity index (χ1n) is 4.71. The van der Waals surface area contributed by atoms with Crippen LogP contribution in [0.5, 0.6) is 0 Å². The molecule has 0 saturated heterocycles. The van der Waals surface area contributed by atoms with Crippen molar-refractivity contribution in [1.29, 1.82) is 0 Å². The lowest BCUT2D eigenvalue weighted by Crippen LogP contribution is -2.31. The van der Waals surface area contributed by atoms with Crippen LogP contribution < -0.4 is 0 Å². The summed E-state index contributed by atoms with van der Waals surface area (Å²) in [7, 11) is 1.29. The first kappa shape index (κ1) is 12.5. The Morgan fingerprint density at radius 2 is 2.06 bits per heavy atom. The molecule has 16 heavy (non-hydrogen) atoms. The summed E-state index contributed by atoms with van der Waals surface area (Å²) in [5.74, 6) is -0.983. The fraction of sp³-hybridized carbons (Fsp3) is 0.364. The lowest BCUT2D eigenvalue weighted by Gasteiger charge is -2.17. The summed E-state index contributed by atoms with van der Waals surface area (Å²) in [6, 6.07) is 3.63. The van der Waals surface area contributed by atoms with Gasteiger partial charge < -0.3 is 4.90 Å². The summed E-state index contributed by atoms with van der Waals surface area (Å²) in [6.45, 7) is 0.933. The van der Waals surface area contributed by atoms with E-state index < -0.39 is 24.7 Å².